The van der Waals surface area contributed by atoms with Crippen LogP contribution in [-0.2, 0) is 6.54 Å². The van der Waals surface area contributed by atoms with Gasteiger partial charge in [-0.05, 0) is 19.9 Å². The van der Waals surface area contributed by atoms with E-state index >= 15 is 0 Å². The standard InChI is InChI=1S/C11H21N3/c1-3-4-5-6-7-12-8-11-9-13-10(2)14-11/h9,12H,3-8H2,1-2H3,(H,13,14). The number of rotatable bonds is 7. The van der Waals surface area contributed by atoms with Crippen molar-refractivity contribution in [3.8, 4) is 0 Å². The van der Waals surface area contributed by atoms with Crippen molar-refractivity contribution >= 4 is 0 Å². The number of hydrogen-bond acceptors (Lipinski definition) is 2. The first-order valence-electron chi connectivity index (χ1n) is 5.54. The molecule has 0 saturated heterocycles. The minimum absolute atomic E-state index is 0.910. The number of aromatic nitrogens is 2. The van der Waals surface area contributed by atoms with Crippen LogP contribution in [0.3, 0.4) is 0 Å². The number of imidazole rings is 1. The lowest BCUT2D eigenvalue weighted by molar-refractivity contribution is 0.594. The fraction of sp³-hybridized carbons (Fsp3) is 0.727. The Kier molecular flexibility index (Phi) is 5.30. The molecule has 14 heavy (non-hydrogen) atoms. The Hall–Kier alpha value is -0.830. The van der Waals surface area contributed by atoms with Crippen LogP contribution >= 0.6 is 0 Å². The van der Waals surface area contributed by atoms with Gasteiger partial charge in [0.05, 0.1) is 0 Å². The summed E-state index contributed by atoms with van der Waals surface area (Å²) in [7, 11) is 0. The molecule has 1 heterocycles. The van der Waals surface area contributed by atoms with Crippen LogP contribution in [0, 0.1) is 6.92 Å². The van der Waals surface area contributed by atoms with E-state index in [4.69, 9.17) is 0 Å². The maximum atomic E-state index is 4.15. The molecular weight excluding hydrogens is 174 g/mol. The number of nitrogens with zero attached hydrogens (tertiary/aromatic N) is 1. The lowest BCUT2D eigenvalue weighted by atomic mass is 10.2. The molecule has 0 aliphatic rings. The molecule has 0 spiro atoms. The zero-order valence-corrected chi connectivity index (χ0v) is 9.27. The first-order valence-corrected chi connectivity index (χ1v) is 5.54. The third kappa shape index (κ3) is 4.42. The van der Waals surface area contributed by atoms with Gasteiger partial charge < -0.3 is 10.3 Å². The van der Waals surface area contributed by atoms with E-state index in [0.29, 0.717) is 0 Å². The zero-order chi connectivity index (χ0) is 10.2. The first kappa shape index (κ1) is 11.2. The van der Waals surface area contributed by atoms with Gasteiger partial charge in [-0.15, -0.1) is 0 Å². The zero-order valence-electron chi connectivity index (χ0n) is 9.27. The van der Waals surface area contributed by atoms with Crippen molar-refractivity contribution in [1.29, 1.82) is 0 Å². The van der Waals surface area contributed by atoms with Crippen LogP contribution in [0.25, 0.3) is 0 Å². The first-order chi connectivity index (χ1) is 6.83. The molecule has 3 nitrogen and oxygen atoms in total. The van der Waals surface area contributed by atoms with Crippen LogP contribution in [-0.4, -0.2) is 16.5 Å². The molecule has 0 atom stereocenters. The highest BCUT2D eigenvalue weighted by molar-refractivity contribution is 4.98. The second-order valence-corrected chi connectivity index (χ2v) is 3.73. The van der Waals surface area contributed by atoms with Crippen LogP contribution in [0.5, 0.6) is 0 Å². The van der Waals surface area contributed by atoms with E-state index in [2.05, 4.69) is 22.2 Å². The van der Waals surface area contributed by atoms with Crippen molar-refractivity contribution in [3.05, 3.63) is 17.7 Å². The van der Waals surface area contributed by atoms with Gasteiger partial charge in [0.2, 0.25) is 0 Å². The Morgan fingerprint density at radius 1 is 1.36 bits per heavy atom. The summed E-state index contributed by atoms with van der Waals surface area (Å²) in [6.07, 6.45) is 7.17. The minimum atomic E-state index is 0.910. The molecule has 1 aromatic heterocycles. The van der Waals surface area contributed by atoms with Gasteiger partial charge in [-0.1, -0.05) is 26.2 Å². The molecule has 0 radical (unpaired) electrons. The average molecular weight is 195 g/mol. The molecule has 0 fully saturated rings. The Labute approximate surface area is 86.3 Å². The predicted octanol–water partition coefficient (Wildman–Crippen LogP) is 2.39. The Morgan fingerprint density at radius 2 is 2.21 bits per heavy atom. The van der Waals surface area contributed by atoms with Gasteiger partial charge >= 0.3 is 0 Å². The molecule has 0 unspecified atom stereocenters. The summed E-state index contributed by atoms with van der Waals surface area (Å²) < 4.78 is 0. The van der Waals surface area contributed by atoms with Crippen molar-refractivity contribution in [3.63, 3.8) is 0 Å². The van der Waals surface area contributed by atoms with Gasteiger partial charge in [-0.25, -0.2) is 4.98 Å². The molecule has 1 rings (SSSR count). The molecule has 0 aromatic carbocycles. The van der Waals surface area contributed by atoms with Crippen LogP contribution in [0.4, 0.5) is 0 Å². The summed E-state index contributed by atoms with van der Waals surface area (Å²) in [6, 6.07) is 0. The molecule has 3 heteroatoms. The minimum Gasteiger partial charge on any atom is -0.345 e. The molecule has 0 aliphatic heterocycles. The van der Waals surface area contributed by atoms with Crippen LogP contribution in [0.15, 0.2) is 6.20 Å². The van der Waals surface area contributed by atoms with Gasteiger partial charge in [-0.2, -0.15) is 0 Å². The third-order valence-corrected chi connectivity index (χ3v) is 2.28. The fourth-order valence-corrected chi connectivity index (χ4v) is 1.46. The Bertz CT molecular complexity index is 242. The van der Waals surface area contributed by atoms with Crippen molar-refractivity contribution in [1.82, 2.24) is 15.3 Å². The fourth-order valence-electron chi connectivity index (χ4n) is 1.46. The maximum Gasteiger partial charge on any atom is 0.103 e. The molecule has 80 valence electrons. The summed E-state index contributed by atoms with van der Waals surface area (Å²) >= 11 is 0. The maximum absolute atomic E-state index is 4.15. The topological polar surface area (TPSA) is 40.7 Å². The van der Waals surface area contributed by atoms with Crippen molar-refractivity contribution in [2.45, 2.75) is 46.1 Å². The number of aromatic amines is 1. The average Bonchev–Trinajstić information content (AvgIpc) is 2.58. The molecule has 2 N–H and O–H groups in total. The quantitative estimate of drug-likeness (QED) is 0.656. The van der Waals surface area contributed by atoms with E-state index < -0.39 is 0 Å². The van der Waals surface area contributed by atoms with E-state index in [9.17, 15) is 0 Å². The number of aryl methyl sites for hydroxylation is 1. The van der Waals surface area contributed by atoms with E-state index in [1.165, 1.54) is 31.4 Å². The lowest BCUT2D eigenvalue weighted by Gasteiger charge is -2.02. The van der Waals surface area contributed by atoms with E-state index in [-0.39, 0.29) is 0 Å². The van der Waals surface area contributed by atoms with Crippen molar-refractivity contribution < 1.29 is 0 Å². The van der Waals surface area contributed by atoms with E-state index in [1.807, 2.05) is 13.1 Å². The van der Waals surface area contributed by atoms with Gasteiger partial charge in [0.15, 0.2) is 0 Å². The summed E-state index contributed by atoms with van der Waals surface area (Å²) in [5.41, 5.74) is 1.18. The van der Waals surface area contributed by atoms with Crippen molar-refractivity contribution in [2.75, 3.05) is 6.54 Å². The molecular formula is C11H21N3. The lowest BCUT2D eigenvalue weighted by Crippen LogP contribution is -2.14. The number of hydrogen-bond donors (Lipinski definition) is 2. The monoisotopic (exact) mass is 195 g/mol. The third-order valence-electron chi connectivity index (χ3n) is 2.28. The van der Waals surface area contributed by atoms with Gasteiger partial charge in [0.1, 0.15) is 5.82 Å². The predicted molar refractivity (Wildman–Crippen MR) is 59.2 cm³/mol. The van der Waals surface area contributed by atoms with Gasteiger partial charge in [0, 0.05) is 18.4 Å². The SMILES string of the molecule is CCCCCCNCc1cnc(C)[nH]1. The highest BCUT2D eigenvalue weighted by atomic mass is 14.9. The number of nitrogens with one attached hydrogen (secondary N) is 2. The second-order valence-electron chi connectivity index (χ2n) is 3.73. The highest BCUT2D eigenvalue weighted by Crippen LogP contribution is 1.98. The highest BCUT2D eigenvalue weighted by Gasteiger charge is 1.95. The van der Waals surface area contributed by atoms with Crippen LogP contribution in [0.1, 0.15) is 44.1 Å². The Balaban J connectivity index is 1.99. The molecule has 0 bridgehead atoms. The van der Waals surface area contributed by atoms with Crippen molar-refractivity contribution in [2.24, 2.45) is 0 Å². The van der Waals surface area contributed by atoms with Gasteiger partial charge in [-0.3, -0.25) is 0 Å². The summed E-state index contributed by atoms with van der Waals surface area (Å²) in [4.78, 5) is 7.35. The van der Waals surface area contributed by atoms with Crippen LogP contribution < -0.4 is 5.32 Å². The van der Waals surface area contributed by atoms with E-state index in [0.717, 1.165) is 18.9 Å². The summed E-state index contributed by atoms with van der Waals surface area (Å²) in [5.74, 6) is 0.993. The summed E-state index contributed by atoms with van der Waals surface area (Å²) in [5, 5.41) is 3.40. The molecule has 0 amide bonds. The normalized spacial score (nSPS) is 10.7. The van der Waals surface area contributed by atoms with Gasteiger partial charge in [0.25, 0.3) is 0 Å². The number of unbranched alkanes of at least 4 members (excludes halogenated alkanes) is 3. The largest absolute Gasteiger partial charge is 0.345 e. The molecule has 0 saturated carbocycles. The molecule has 1 aromatic rings. The summed E-state index contributed by atoms with van der Waals surface area (Å²) in [6.45, 7) is 6.23. The van der Waals surface area contributed by atoms with Crippen LogP contribution in [0.2, 0.25) is 0 Å². The smallest absolute Gasteiger partial charge is 0.103 e. The number of H-pyrrole nitrogens is 1. The Morgan fingerprint density at radius 3 is 2.86 bits per heavy atom. The van der Waals surface area contributed by atoms with E-state index in [1.54, 1.807) is 0 Å². The second kappa shape index (κ2) is 6.60. The molecule has 0 aliphatic carbocycles.